The van der Waals surface area contributed by atoms with Crippen molar-refractivity contribution in [1.29, 1.82) is 0 Å². The van der Waals surface area contributed by atoms with E-state index in [0.29, 0.717) is 61.3 Å². The lowest BCUT2D eigenvalue weighted by Crippen LogP contribution is -2.16. The van der Waals surface area contributed by atoms with Crippen molar-refractivity contribution in [1.82, 2.24) is 0 Å². The molecule has 0 aromatic heterocycles. The third-order valence-corrected chi connectivity index (χ3v) is 11.8. The molecule has 14 nitrogen and oxygen atoms in total. The molecule has 0 saturated carbocycles. The number of carbonyl (C=O) groups excluding carboxylic acids is 4. The number of ether oxygens (including phenoxy) is 4. The lowest BCUT2D eigenvalue weighted by molar-refractivity contribution is -0.310. The van der Waals surface area contributed by atoms with Gasteiger partial charge in [-0.15, -0.1) is 11.8 Å². The summed E-state index contributed by atoms with van der Waals surface area (Å²) in [6, 6.07) is 18.9. The van der Waals surface area contributed by atoms with Crippen molar-refractivity contribution in [3.63, 3.8) is 0 Å². The number of rotatable bonds is 20. The highest BCUT2D eigenvalue weighted by atomic mass is 32.2. The van der Waals surface area contributed by atoms with E-state index in [9.17, 15) is 29.0 Å². The van der Waals surface area contributed by atoms with Crippen LogP contribution in [0.3, 0.4) is 0 Å². The Balaban J connectivity index is 1.88. The van der Waals surface area contributed by atoms with Gasteiger partial charge in [-0.05, 0) is 113 Å². The van der Waals surface area contributed by atoms with Crippen molar-refractivity contribution in [2.45, 2.75) is 46.1 Å². The van der Waals surface area contributed by atoms with Crippen LogP contribution in [0.2, 0.25) is 0 Å². The van der Waals surface area contributed by atoms with Crippen LogP contribution in [-0.2, 0) is 11.1 Å². The quantitative estimate of drug-likeness (QED) is 0.0408. The fourth-order valence-corrected chi connectivity index (χ4v) is 9.01. The predicted octanol–water partition coefficient (Wildman–Crippen LogP) is 9.12. The maximum absolute atomic E-state index is 13.4. The Morgan fingerprint density at radius 3 is 1.32 bits per heavy atom. The lowest BCUT2D eigenvalue weighted by atomic mass is 9.85. The number of ketones is 4. The fraction of sp³-hybridized carbons (Fsp3) is 0.244. The summed E-state index contributed by atoms with van der Waals surface area (Å²) in [5, 5.41) is 0. The van der Waals surface area contributed by atoms with Gasteiger partial charge in [-0.2, -0.15) is 0 Å². The summed E-state index contributed by atoms with van der Waals surface area (Å²) in [7, 11) is -0.446. The SMILES string of the molecule is COc1ccc(C(C)=O)c(OP(OCc2c(OP([O-])[O-])c(C)c(-c3cc(OC)ccc3C(C)=O)c(SC)c2-c2cc(OC)ccc2C(C)=O)Oc2cc(OC)ccc2C(C)=O)c1. The molecular weight excluding hydrogens is 858 g/mol. The lowest BCUT2D eigenvalue weighted by Gasteiger charge is -2.34. The van der Waals surface area contributed by atoms with Crippen molar-refractivity contribution >= 4 is 52.1 Å². The molecule has 0 fully saturated rings. The molecule has 5 aromatic carbocycles. The molecule has 5 aromatic rings. The molecule has 17 heteroatoms. The Kier molecular flexibility index (Phi) is 16.1. The average Bonchev–Trinajstić information content (AvgIpc) is 3.25. The zero-order chi connectivity index (χ0) is 45.4. The topological polar surface area (TPSA) is 188 Å². The number of hydrogen-bond donors (Lipinski definition) is 0. The molecule has 0 atom stereocenters. The molecular formula is C45H44O14P2S-2. The van der Waals surface area contributed by atoms with Gasteiger partial charge in [0.15, 0.2) is 23.1 Å². The third-order valence-electron chi connectivity index (χ3n) is 9.66. The molecule has 0 amide bonds. The molecule has 0 aliphatic carbocycles. The van der Waals surface area contributed by atoms with Gasteiger partial charge < -0.3 is 42.3 Å². The summed E-state index contributed by atoms with van der Waals surface area (Å²) in [6.07, 6.45) is 1.79. The van der Waals surface area contributed by atoms with E-state index in [1.165, 1.54) is 92.2 Å². The van der Waals surface area contributed by atoms with Crippen molar-refractivity contribution in [2.24, 2.45) is 0 Å². The largest absolute Gasteiger partial charge is 0.810 e. The molecule has 0 N–H and O–H groups in total. The number of thioether (sulfide) groups is 1. The smallest absolute Gasteiger partial charge is 0.463 e. The molecule has 5 rings (SSSR count). The van der Waals surface area contributed by atoms with Crippen LogP contribution < -0.4 is 42.3 Å². The van der Waals surface area contributed by atoms with Gasteiger partial charge in [0.25, 0.3) is 0 Å². The van der Waals surface area contributed by atoms with Crippen molar-refractivity contribution < 1.29 is 66.0 Å². The normalized spacial score (nSPS) is 11.0. The average molecular weight is 903 g/mol. The molecule has 0 bridgehead atoms. The van der Waals surface area contributed by atoms with Crippen LogP contribution in [0.5, 0.6) is 40.2 Å². The molecule has 326 valence electrons. The van der Waals surface area contributed by atoms with Crippen LogP contribution in [0.25, 0.3) is 22.3 Å². The standard InChI is InChI=1S/C45H44O14P2S/c1-24-42(37-19-29(52-6)11-15-33(37)25(2)46)45(62-10)43(38-20-30(53-7)12-16-34(38)26(3)47)39(44(24)59-60(50)51)23-56-61(57-40-21-31(54-8)13-17-35(40)27(4)48)58-41-22-32(55-9)14-18-36(41)28(5)49/h11-22H,23H2,1-10H3/q-2. The summed E-state index contributed by atoms with van der Waals surface area (Å²) < 4.78 is 47.0. The minimum Gasteiger partial charge on any atom is -0.810 e. The summed E-state index contributed by atoms with van der Waals surface area (Å²) in [5.74, 6) is 0.0204. The molecule has 0 saturated heterocycles. The molecule has 0 heterocycles. The highest BCUT2D eigenvalue weighted by Crippen LogP contribution is 2.54. The summed E-state index contributed by atoms with van der Waals surface area (Å²) in [5.41, 5.74) is 2.74. The first kappa shape index (κ1) is 47.5. The second-order valence-electron chi connectivity index (χ2n) is 13.5. The number of methoxy groups -OCH3 is 4. The van der Waals surface area contributed by atoms with E-state index in [1.54, 1.807) is 61.7 Å². The molecule has 62 heavy (non-hydrogen) atoms. The number of benzene rings is 5. The van der Waals surface area contributed by atoms with Gasteiger partial charge in [-0.25, -0.2) is 0 Å². The van der Waals surface area contributed by atoms with Crippen LogP contribution in [0, 0.1) is 6.92 Å². The Morgan fingerprint density at radius 1 is 0.565 bits per heavy atom. The van der Waals surface area contributed by atoms with E-state index in [-0.39, 0.29) is 62.6 Å². The Labute approximate surface area is 366 Å². The van der Waals surface area contributed by atoms with Crippen LogP contribution >= 0.6 is 29.0 Å². The van der Waals surface area contributed by atoms with E-state index >= 15 is 0 Å². The van der Waals surface area contributed by atoms with Gasteiger partial charge in [0.1, 0.15) is 40.2 Å². The summed E-state index contributed by atoms with van der Waals surface area (Å²) >= 11 is 1.27. The van der Waals surface area contributed by atoms with Gasteiger partial charge >= 0.3 is 8.60 Å². The Hall–Kier alpha value is -5.53. The van der Waals surface area contributed by atoms with E-state index in [2.05, 4.69) is 0 Å². The first-order chi connectivity index (χ1) is 29.6. The zero-order valence-corrected chi connectivity index (χ0v) is 38.3. The minimum absolute atomic E-state index is 0.0207. The van der Waals surface area contributed by atoms with E-state index in [0.717, 1.165) is 0 Å². The number of carbonyl (C=O) groups is 4. The van der Waals surface area contributed by atoms with Crippen LogP contribution in [0.1, 0.15) is 80.3 Å². The maximum atomic E-state index is 13.4. The van der Waals surface area contributed by atoms with Gasteiger partial charge in [0.05, 0.1) is 46.2 Å². The van der Waals surface area contributed by atoms with Crippen molar-refractivity contribution in [3.8, 4) is 62.5 Å². The highest BCUT2D eigenvalue weighted by Gasteiger charge is 2.31. The summed E-state index contributed by atoms with van der Waals surface area (Å²) in [6.45, 7) is 6.62. The zero-order valence-electron chi connectivity index (χ0n) is 35.7. The summed E-state index contributed by atoms with van der Waals surface area (Å²) in [4.78, 5) is 78.3. The first-order valence-electron chi connectivity index (χ1n) is 18.7. The first-order valence-corrected chi connectivity index (χ1v) is 22.1. The maximum Gasteiger partial charge on any atom is 0.463 e. The highest BCUT2D eigenvalue weighted by molar-refractivity contribution is 7.98. The predicted molar refractivity (Wildman–Crippen MR) is 233 cm³/mol. The fourth-order valence-electron chi connectivity index (χ4n) is 6.70. The van der Waals surface area contributed by atoms with Gasteiger partial charge in [0.2, 0.25) is 0 Å². The molecule has 0 spiro atoms. The molecule has 0 aliphatic heterocycles. The van der Waals surface area contributed by atoms with E-state index in [4.69, 9.17) is 37.0 Å². The minimum atomic E-state index is -3.59. The Morgan fingerprint density at radius 2 is 0.952 bits per heavy atom. The monoisotopic (exact) mass is 902 g/mol. The molecule has 0 unspecified atom stereocenters. The van der Waals surface area contributed by atoms with E-state index in [1.807, 2.05) is 0 Å². The van der Waals surface area contributed by atoms with Crippen LogP contribution in [0.15, 0.2) is 77.7 Å². The second-order valence-corrected chi connectivity index (χ2v) is 16.0. The molecule has 0 radical (unpaired) electrons. The van der Waals surface area contributed by atoms with Gasteiger partial charge in [-0.3, -0.25) is 23.7 Å². The second kappa shape index (κ2) is 21.0. The number of hydrogen-bond acceptors (Lipinski definition) is 15. The molecule has 0 aliphatic rings. The van der Waals surface area contributed by atoms with Gasteiger partial charge in [0, 0.05) is 50.4 Å². The van der Waals surface area contributed by atoms with Crippen molar-refractivity contribution in [2.75, 3.05) is 34.7 Å². The van der Waals surface area contributed by atoms with E-state index < -0.39 is 23.8 Å². The van der Waals surface area contributed by atoms with Crippen LogP contribution in [0.4, 0.5) is 0 Å². The van der Waals surface area contributed by atoms with Crippen molar-refractivity contribution in [3.05, 3.63) is 106 Å². The number of Topliss-reactive ketones (excluding diaryl/α,β-unsaturated/α-hetero) is 4. The van der Waals surface area contributed by atoms with Gasteiger partial charge in [-0.1, -0.05) is 8.60 Å². The third kappa shape index (κ3) is 10.6. The van der Waals surface area contributed by atoms with Crippen LogP contribution in [-0.4, -0.2) is 57.8 Å². The Bertz CT molecular complexity index is 2450.